The van der Waals surface area contributed by atoms with Gasteiger partial charge in [-0.05, 0) is 37.1 Å². The van der Waals surface area contributed by atoms with Gasteiger partial charge in [-0.3, -0.25) is 0 Å². The van der Waals surface area contributed by atoms with Gasteiger partial charge in [0.15, 0.2) is 0 Å². The van der Waals surface area contributed by atoms with Gasteiger partial charge in [0.1, 0.15) is 11.5 Å². The van der Waals surface area contributed by atoms with Crippen molar-refractivity contribution in [2.45, 2.75) is 32.7 Å². The predicted molar refractivity (Wildman–Crippen MR) is 75.4 cm³/mol. The highest BCUT2D eigenvalue weighted by Gasteiger charge is 2.18. The van der Waals surface area contributed by atoms with Gasteiger partial charge in [0, 0.05) is 12.1 Å². The lowest BCUT2D eigenvalue weighted by Crippen LogP contribution is -2.23. The van der Waals surface area contributed by atoms with E-state index in [-0.39, 0.29) is 0 Å². The normalized spacial score (nSPS) is 14.1. The van der Waals surface area contributed by atoms with E-state index in [1.807, 2.05) is 13.1 Å². The summed E-state index contributed by atoms with van der Waals surface area (Å²) in [4.78, 5) is 0. The van der Waals surface area contributed by atoms with E-state index in [0.717, 1.165) is 11.5 Å². The zero-order valence-electron chi connectivity index (χ0n) is 12.1. The van der Waals surface area contributed by atoms with Gasteiger partial charge in [-0.1, -0.05) is 20.3 Å². The van der Waals surface area contributed by atoms with E-state index < -0.39 is 0 Å². The van der Waals surface area contributed by atoms with E-state index in [0.29, 0.717) is 12.0 Å². The fraction of sp³-hybridized carbons (Fsp3) is 0.600. The van der Waals surface area contributed by atoms with Gasteiger partial charge in [0.2, 0.25) is 0 Å². The Kier molecular flexibility index (Phi) is 5.99. The highest BCUT2D eigenvalue weighted by molar-refractivity contribution is 5.40. The van der Waals surface area contributed by atoms with Crippen LogP contribution in [0.1, 0.15) is 38.3 Å². The number of hydrogen-bond donors (Lipinski definition) is 1. The summed E-state index contributed by atoms with van der Waals surface area (Å²) in [5, 5.41) is 3.39. The molecule has 0 amide bonds. The maximum absolute atomic E-state index is 5.32. The zero-order chi connectivity index (χ0) is 13.5. The number of benzene rings is 1. The first-order valence-electron chi connectivity index (χ1n) is 6.56. The molecule has 0 aliphatic heterocycles. The third-order valence-electron chi connectivity index (χ3n) is 3.36. The molecule has 3 nitrogen and oxygen atoms in total. The summed E-state index contributed by atoms with van der Waals surface area (Å²) in [5.41, 5.74) is 1.22. The van der Waals surface area contributed by atoms with Crippen LogP contribution in [-0.2, 0) is 0 Å². The Morgan fingerprint density at radius 3 is 2.06 bits per heavy atom. The van der Waals surface area contributed by atoms with Crippen molar-refractivity contribution in [3.63, 3.8) is 0 Å². The van der Waals surface area contributed by atoms with Crippen LogP contribution < -0.4 is 14.8 Å². The summed E-state index contributed by atoms with van der Waals surface area (Å²) in [6.07, 6.45) is 2.39. The quantitative estimate of drug-likeness (QED) is 0.805. The van der Waals surface area contributed by atoms with Crippen molar-refractivity contribution >= 4 is 0 Å². The molecule has 0 saturated heterocycles. The second kappa shape index (κ2) is 7.27. The Labute approximate surface area is 110 Å². The molecular formula is C15H25NO2. The molecule has 2 unspecified atom stereocenters. The minimum atomic E-state index is 0.328. The van der Waals surface area contributed by atoms with E-state index in [1.54, 1.807) is 14.2 Å². The molecule has 0 aliphatic rings. The van der Waals surface area contributed by atoms with Crippen LogP contribution in [0, 0.1) is 5.92 Å². The zero-order valence-corrected chi connectivity index (χ0v) is 12.1. The fourth-order valence-corrected chi connectivity index (χ4v) is 2.41. The smallest absolute Gasteiger partial charge is 0.122 e. The minimum Gasteiger partial charge on any atom is -0.497 e. The molecule has 1 N–H and O–H groups in total. The third-order valence-corrected chi connectivity index (χ3v) is 3.36. The maximum atomic E-state index is 5.32. The molecule has 18 heavy (non-hydrogen) atoms. The topological polar surface area (TPSA) is 30.5 Å². The van der Waals surface area contributed by atoms with Gasteiger partial charge in [-0.15, -0.1) is 0 Å². The second-order valence-corrected chi connectivity index (χ2v) is 4.68. The molecule has 0 bridgehead atoms. The molecule has 3 heteroatoms. The highest BCUT2D eigenvalue weighted by atomic mass is 16.5. The average molecular weight is 251 g/mol. The molecule has 0 radical (unpaired) electrons. The molecular weight excluding hydrogens is 226 g/mol. The van der Waals surface area contributed by atoms with Crippen LogP contribution in [-0.4, -0.2) is 21.3 Å². The Morgan fingerprint density at radius 1 is 1.11 bits per heavy atom. The molecule has 0 heterocycles. The largest absolute Gasteiger partial charge is 0.497 e. The Morgan fingerprint density at radius 2 is 1.67 bits per heavy atom. The lowest BCUT2D eigenvalue weighted by Gasteiger charge is -2.24. The van der Waals surface area contributed by atoms with E-state index in [2.05, 4.69) is 31.3 Å². The summed E-state index contributed by atoms with van der Waals surface area (Å²) >= 11 is 0. The van der Waals surface area contributed by atoms with Crippen molar-refractivity contribution < 1.29 is 9.47 Å². The van der Waals surface area contributed by atoms with Crippen molar-refractivity contribution in [3.8, 4) is 11.5 Å². The summed E-state index contributed by atoms with van der Waals surface area (Å²) < 4.78 is 10.6. The average Bonchev–Trinajstić information content (AvgIpc) is 2.39. The summed E-state index contributed by atoms with van der Waals surface area (Å²) in [6, 6.07) is 6.39. The van der Waals surface area contributed by atoms with Crippen LogP contribution in [0.4, 0.5) is 0 Å². The van der Waals surface area contributed by atoms with Gasteiger partial charge in [-0.2, -0.15) is 0 Å². The van der Waals surface area contributed by atoms with Gasteiger partial charge in [0.05, 0.1) is 14.2 Å². The Balaban J connectivity index is 3.03. The third kappa shape index (κ3) is 3.64. The van der Waals surface area contributed by atoms with Crippen LogP contribution in [0.5, 0.6) is 11.5 Å². The molecule has 0 spiro atoms. The maximum Gasteiger partial charge on any atom is 0.122 e. The molecule has 0 fully saturated rings. The minimum absolute atomic E-state index is 0.328. The molecule has 1 aromatic carbocycles. The Bertz CT molecular complexity index is 343. The molecule has 102 valence electrons. The van der Waals surface area contributed by atoms with Crippen LogP contribution in [0.15, 0.2) is 18.2 Å². The van der Waals surface area contributed by atoms with Gasteiger partial charge in [-0.25, -0.2) is 0 Å². The van der Waals surface area contributed by atoms with Crippen LogP contribution in [0.25, 0.3) is 0 Å². The van der Waals surface area contributed by atoms with Gasteiger partial charge < -0.3 is 14.8 Å². The van der Waals surface area contributed by atoms with Crippen molar-refractivity contribution in [1.29, 1.82) is 0 Å². The predicted octanol–water partition coefficient (Wildman–Crippen LogP) is 3.40. The number of rotatable bonds is 7. The van der Waals surface area contributed by atoms with Crippen LogP contribution in [0.2, 0.25) is 0 Å². The molecule has 0 saturated carbocycles. The van der Waals surface area contributed by atoms with E-state index in [4.69, 9.17) is 9.47 Å². The molecule has 0 aliphatic carbocycles. The first-order chi connectivity index (χ1) is 8.65. The first kappa shape index (κ1) is 14.8. The molecule has 2 atom stereocenters. The number of methoxy groups -OCH3 is 2. The first-order valence-corrected chi connectivity index (χ1v) is 6.56. The monoisotopic (exact) mass is 251 g/mol. The van der Waals surface area contributed by atoms with E-state index >= 15 is 0 Å². The van der Waals surface area contributed by atoms with Gasteiger partial charge in [0.25, 0.3) is 0 Å². The van der Waals surface area contributed by atoms with Crippen molar-refractivity contribution in [1.82, 2.24) is 5.32 Å². The van der Waals surface area contributed by atoms with Crippen molar-refractivity contribution in [2.24, 2.45) is 5.92 Å². The van der Waals surface area contributed by atoms with Crippen molar-refractivity contribution in [2.75, 3.05) is 21.3 Å². The standard InChI is InChI=1S/C15H25NO2/c1-6-7-11(2)15(16-3)12-8-13(17-4)10-14(9-12)18-5/h8-11,15-16H,6-7H2,1-5H3. The van der Waals surface area contributed by atoms with E-state index in [1.165, 1.54) is 18.4 Å². The lowest BCUT2D eigenvalue weighted by atomic mass is 9.91. The lowest BCUT2D eigenvalue weighted by molar-refractivity contribution is 0.370. The van der Waals surface area contributed by atoms with Crippen LogP contribution >= 0.6 is 0 Å². The second-order valence-electron chi connectivity index (χ2n) is 4.68. The summed E-state index contributed by atoms with van der Waals surface area (Å²) in [5.74, 6) is 2.26. The molecule has 0 aromatic heterocycles. The fourth-order valence-electron chi connectivity index (χ4n) is 2.41. The number of ether oxygens (including phenoxy) is 2. The van der Waals surface area contributed by atoms with Gasteiger partial charge >= 0.3 is 0 Å². The van der Waals surface area contributed by atoms with Crippen LogP contribution in [0.3, 0.4) is 0 Å². The Hall–Kier alpha value is -1.22. The SMILES string of the molecule is CCCC(C)C(NC)c1cc(OC)cc(OC)c1. The van der Waals surface area contributed by atoms with Crippen molar-refractivity contribution in [3.05, 3.63) is 23.8 Å². The summed E-state index contributed by atoms with van der Waals surface area (Å²) in [7, 11) is 5.37. The number of nitrogens with one attached hydrogen (secondary N) is 1. The molecule has 1 rings (SSSR count). The summed E-state index contributed by atoms with van der Waals surface area (Å²) in [6.45, 7) is 4.49. The highest BCUT2D eigenvalue weighted by Crippen LogP contribution is 2.31. The molecule has 1 aromatic rings. The van der Waals surface area contributed by atoms with E-state index in [9.17, 15) is 0 Å². The number of hydrogen-bond acceptors (Lipinski definition) is 3.